The molecule has 3 nitrogen and oxygen atoms in total. The lowest BCUT2D eigenvalue weighted by atomic mass is 10.1. The quantitative estimate of drug-likeness (QED) is 0.837. The molecule has 1 N–H and O–H groups in total. The molecular formula is C17H27FN2O. The molecule has 0 spiro atoms. The second kappa shape index (κ2) is 7.87. The minimum absolute atomic E-state index is 0.319. The van der Waals surface area contributed by atoms with Gasteiger partial charge in [0, 0.05) is 24.7 Å². The summed E-state index contributed by atoms with van der Waals surface area (Å²) in [5.41, 5.74) is 0.405. The number of nitrogens with zero attached hydrogens (tertiary/aromatic N) is 2. The van der Waals surface area contributed by atoms with Crippen molar-refractivity contribution in [3.63, 3.8) is 0 Å². The predicted octanol–water partition coefficient (Wildman–Crippen LogP) is 2.67. The topological polar surface area (TPSA) is 26.7 Å². The van der Waals surface area contributed by atoms with E-state index >= 15 is 0 Å². The van der Waals surface area contributed by atoms with Crippen LogP contribution in [0.1, 0.15) is 37.9 Å². The van der Waals surface area contributed by atoms with E-state index in [1.807, 2.05) is 0 Å². The van der Waals surface area contributed by atoms with E-state index in [0.29, 0.717) is 18.0 Å². The van der Waals surface area contributed by atoms with Crippen LogP contribution in [0.3, 0.4) is 0 Å². The summed E-state index contributed by atoms with van der Waals surface area (Å²) in [4.78, 5) is 4.77. The maximum atomic E-state index is 13.6. The van der Waals surface area contributed by atoms with Crippen LogP contribution in [-0.2, 0) is 0 Å². The van der Waals surface area contributed by atoms with E-state index in [1.165, 1.54) is 25.5 Å². The van der Waals surface area contributed by atoms with Crippen molar-refractivity contribution in [2.24, 2.45) is 0 Å². The number of aliphatic hydroxyl groups is 1. The van der Waals surface area contributed by atoms with Gasteiger partial charge in [-0.05, 0) is 45.5 Å². The third kappa shape index (κ3) is 4.50. The molecule has 118 valence electrons. The third-order valence-corrected chi connectivity index (χ3v) is 4.48. The first kappa shape index (κ1) is 16.4. The SMILES string of the molecule is CCN1CCCC1CN(C)CCC(O)c1ccccc1F. The Morgan fingerprint density at radius 1 is 1.43 bits per heavy atom. The summed E-state index contributed by atoms with van der Waals surface area (Å²) >= 11 is 0. The van der Waals surface area contributed by atoms with E-state index in [-0.39, 0.29) is 5.82 Å². The van der Waals surface area contributed by atoms with Crippen molar-refractivity contribution in [3.05, 3.63) is 35.6 Å². The van der Waals surface area contributed by atoms with E-state index < -0.39 is 6.10 Å². The summed E-state index contributed by atoms with van der Waals surface area (Å²) in [5, 5.41) is 10.1. The molecule has 1 aliphatic heterocycles. The second-order valence-electron chi connectivity index (χ2n) is 6.01. The summed E-state index contributed by atoms with van der Waals surface area (Å²) in [6, 6.07) is 7.11. The molecule has 0 amide bonds. The van der Waals surface area contributed by atoms with Crippen LogP contribution in [0, 0.1) is 5.82 Å². The fourth-order valence-electron chi connectivity index (χ4n) is 3.21. The smallest absolute Gasteiger partial charge is 0.128 e. The van der Waals surface area contributed by atoms with Crippen molar-refractivity contribution in [2.75, 3.05) is 33.2 Å². The van der Waals surface area contributed by atoms with Crippen LogP contribution >= 0.6 is 0 Å². The highest BCUT2D eigenvalue weighted by molar-refractivity contribution is 5.19. The average Bonchev–Trinajstić information content (AvgIpc) is 2.92. The van der Waals surface area contributed by atoms with Crippen LogP contribution in [0.15, 0.2) is 24.3 Å². The number of rotatable bonds is 7. The zero-order valence-corrected chi connectivity index (χ0v) is 13.1. The Balaban J connectivity index is 1.78. The normalized spacial score (nSPS) is 21.1. The van der Waals surface area contributed by atoms with Crippen LogP contribution in [0.4, 0.5) is 4.39 Å². The number of likely N-dealkylation sites (tertiary alicyclic amines) is 1. The summed E-state index contributed by atoms with van der Waals surface area (Å²) in [6.45, 7) is 6.32. The highest BCUT2D eigenvalue weighted by Gasteiger charge is 2.24. The van der Waals surface area contributed by atoms with Gasteiger partial charge in [0.15, 0.2) is 0 Å². The highest BCUT2D eigenvalue weighted by atomic mass is 19.1. The zero-order chi connectivity index (χ0) is 15.2. The van der Waals surface area contributed by atoms with Gasteiger partial charge in [0.25, 0.3) is 0 Å². The maximum Gasteiger partial charge on any atom is 0.128 e. The van der Waals surface area contributed by atoms with E-state index in [4.69, 9.17) is 0 Å². The van der Waals surface area contributed by atoms with Crippen molar-refractivity contribution < 1.29 is 9.50 Å². The van der Waals surface area contributed by atoms with Crippen LogP contribution in [-0.4, -0.2) is 54.2 Å². The molecule has 4 heteroatoms. The fourth-order valence-corrected chi connectivity index (χ4v) is 3.21. The molecule has 1 fully saturated rings. The average molecular weight is 294 g/mol. The number of hydrogen-bond donors (Lipinski definition) is 1. The van der Waals surface area contributed by atoms with Gasteiger partial charge >= 0.3 is 0 Å². The molecule has 1 aliphatic rings. The number of benzene rings is 1. The van der Waals surface area contributed by atoms with Gasteiger partial charge in [0.1, 0.15) is 5.82 Å². The molecule has 0 saturated carbocycles. The van der Waals surface area contributed by atoms with Crippen molar-refractivity contribution in [2.45, 2.75) is 38.3 Å². The van der Waals surface area contributed by atoms with Gasteiger partial charge in [-0.25, -0.2) is 4.39 Å². The molecule has 0 bridgehead atoms. The third-order valence-electron chi connectivity index (χ3n) is 4.48. The van der Waals surface area contributed by atoms with Crippen LogP contribution in [0.5, 0.6) is 0 Å². The lowest BCUT2D eigenvalue weighted by Crippen LogP contribution is -2.39. The lowest BCUT2D eigenvalue weighted by molar-refractivity contribution is 0.134. The van der Waals surface area contributed by atoms with Crippen LogP contribution in [0.2, 0.25) is 0 Å². The van der Waals surface area contributed by atoms with Gasteiger partial charge in [-0.3, -0.25) is 4.90 Å². The molecule has 2 unspecified atom stereocenters. The van der Waals surface area contributed by atoms with Crippen molar-refractivity contribution >= 4 is 0 Å². The number of aliphatic hydroxyl groups excluding tert-OH is 1. The minimum Gasteiger partial charge on any atom is -0.388 e. The second-order valence-corrected chi connectivity index (χ2v) is 6.01. The Hall–Kier alpha value is -0.970. The molecule has 2 atom stereocenters. The van der Waals surface area contributed by atoms with Crippen LogP contribution in [0.25, 0.3) is 0 Å². The summed E-state index contributed by atoms with van der Waals surface area (Å²) in [7, 11) is 2.08. The first-order valence-corrected chi connectivity index (χ1v) is 7.97. The Morgan fingerprint density at radius 3 is 2.90 bits per heavy atom. The number of hydrogen-bond acceptors (Lipinski definition) is 3. The largest absolute Gasteiger partial charge is 0.388 e. The van der Waals surface area contributed by atoms with E-state index in [1.54, 1.807) is 18.2 Å². The molecule has 21 heavy (non-hydrogen) atoms. The number of likely N-dealkylation sites (N-methyl/N-ethyl adjacent to an activating group) is 2. The molecule has 1 saturated heterocycles. The van der Waals surface area contributed by atoms with Gasteiger partial charge in [-0.2, -0.15) is 0 Å². The predicted molar refractivity (Wildman–Crippen MR) is 83.7 cm³/mol. The highest BCUT2D eigenvalue weighted by Crippen LogP contribution is 2.21. The fraction of sp³-hybridized carbons (Fsp3) is 0.647. The van der Waals surface area contributed by atoms with E-state index in [0.717, 1.165) is 19.6 Å². The Morgan fingerprint density at radius 2 is 2.19 bits per heavy atom. The minimum atomic E-state index is -0.723. The molecule has 1 aromatic carbocycles. The molecular weight excluding hydrogens is 267 g/mol. The van der Waals surface area contributed by atoms with E-state index in [9.17, 15) is 9.50 Å². The molecule has 0 aliphatic carbocycles. The Bertz CT molecular complexity index is 441. The standard InChI is InChI=1S/C17H27FN2O/c1-3-20-11-6-7-14(20)13-19(2)12-10-17(21)15-8-4-5-9-16(15)18/h4-5,8-9,14,17,21H,3,6-7,10-13H2,1-2H3. The van der Waals surface area contributed by atoms with Gasteiger partial charge in [0.2, 0.25) is 0 Å². The number of halogens is 1. The lowest BCUT2D eigenvalue weighted by Gasteiger charge is -2.28. The Labute approximate surface area is 127 Å². The molecule has 1 aromatic rings. The summed E-state index contributed by atoms with van der Waals surface area (Å²) in [6.07, 6.45) is 2.38. The first-order chi connectivity index (χ1) is 10.1. The summed E-state index contributed by atoms with van der Waals surface area (Å²) < 4.78 is 13.6. The van der Waals surface area contributed by atoms with Gasteiger partial charge in [-0.1, -0.05) is 25.1 Å². The van der Waals surface area contributed by atoms with Gasteiger partial charge in [-0.15, -0.1) is 0 Å². The molecule has 0 radical (unpaired) electrons. The first-order valence-electron chi connectivity index (χ1n) is 7.97. The molecule has 0 aromatic heterocycles. The summed E-state index contributed by atoms with van der Waals surface area (Å²) in [5.74, 6) is -0.319. The van der Waals surface area contributed by atoms with Gasteiger partial charge < -0.3 is 10.0 Å². The van der Waals surface area contributed by atoms with Crippen molar-refractivity contribution in [1.29, 1.82) is 0 Å². The molecule has 1 heterocycles. The zero-order valence-electron chi connectivity index (χ0n) is 13.1. The Kier molecular flexibility index (Phi) is 6.15. The van der Waals surface area contributed by atoms with Crippen LogP contribution < -0.4 is 0 Å². The van der Waals surface area contributed by atoms with Crippen molar-refractivity contribution in [1.82, 2.24) is 9.80 Å². The van der Waals surface area contributed by atoms with E-state index in [2.05, 4.69) is 23.8 Å². The maximum absolute atomic E-state index is 13.6. The monoisotopic (exact) mass is 294 g/mol. The van der Waals surface area contributed by atoms with Crippen molar-refractivity contribution in [3.8, 4) is 0 Å². The molecule has 2 rings (SSSR count). The van der Waals surface area contributed by atoms with Gasteiger partial charge in [0.05, 0.1) is 6.10 Å².